The molecule has 31 heavy (non-hydrogen) atoms. The van der Waals surface area contributed by atoms with Crippen LogP contribution in [0.3, 0.4) is 0 Å². The summed E-state index contributed by atoms with van der Waals surface area (Å²) in [5.74, 6) is 2.49. The van der Waals surface area contributed by atoms with E-state index in [0.29, 0.717) is 35.2 Å². The number of ether oxygens (including phenoxy) is 2. The van der Waals surface area contributed by atoms with Gasteiger partial charge in [-0.2, -0.15) is 8.78 Å². The highest BCUT2D eigenvalue weighted by Gasteiger charge is 2.49. The quantitative estimate of drug-likeness (QED) is 0.746. The van der Waals surface area contributed by atoms with Crippen LogP contribution in [0.2, 0.25) is 0 Å². The Morgan fingerprint density at radius 2 is 1.97 bits per heavy atom. The zero-order valence-electron chi connectivity index (χ0n) is 17.0. The van der Waals surface area contributed by atoms with Crippen LogP contribution in [0.25, 0.3) is 11.3 Å². The molecule has 0 amide bonds. The number of pyridine rings is 1. The Bertz CT molecular complexity index is 1000. The van der Waals surface area contributed by atoms with E-state index in [0.717, 1.165) is 57.3 Å². The van der Waals surface area contributed by atoms with Crippen molar-refractivity contribution < 1.29 is 18.3 Å². The predicted octanol–water partition coefficient (Wildman–Crippen LogP) is 2.12. The number of likely N-dealkylation sites (tertiary alicyclic amines) is 1. The molecular formula is C21H24F2N6O2. The predicted molar refractivity (Wildman–Crippen MR) is 109 cm³/mol. The van der Waals surface area contributed by atoms with Crippen LogP contribution in [0.4, 0.5) is 20.4 Å². The molecule has 6 rings (SSSR count). The van der Waals surface area contributed by atoms with Crippen molar-refractivity contribution in [2.24, 2.45) is 5.92 Å². The van der Waals surface area contributed by atoms with E-state index in [1.165, 1.54) is 6.07 Å². The third-order valence-corrected chi connectivity index (χ3v) is 6.76. The molecule has 2 atom stereocenters. The second-order valence-electron chi connectivity index (χ2n) is 8.85. The van der Waals surface area contributed by atoms with Crippen molar-refractivity contribution in [1.82, 2.24) is 19.9 Å². The number of aromatic nitrogens is 3. The summed E-state index contributed by atoms with van der Waals surface area (Å²) < 4.78 is 35.3. The van der Waals surface area contributed by atoms with Gasteiger partial charge >= 0.3 is 6.61 Å². The van der Waals surface area contributed by atoms with Crippen molar-refractivity contribution in [2.45, 2.75) is 37.5 Å². The topological polar surface area (TPSA) is 89.6 Å². The van der Waals surface area contributed by atoms with Crippen LogP contribution in [0.1, 0.15) is 24.6 Å². The molecule has 1 aliphatic carbocycles. The zero-order valence-corrected chi connectivity index (χ0v) is 17.0. The van der Waals surface area contributed by atoms with Gasteiger partial charge in [0.05, 0.1) is 24.9 Å². The van der Waals surface area contributed by atoms with E-state index in [1.807, 2.05) is 6.07 Å². The molecule has 0 aromatic carbocycles. The number of anilines is 2. The van der Waals surface area contributed by atoms with Crippen LogP contribution in [-0.2, 0) is 4.74 Å². The van der Waals surface area contributed by atoms with Gasteiger partial charge in [0, 0.05) is 55.3 Å². The molecule has 164 valence electrons. The fraction of sp³-hybridized carbons (Fsp3) is 0.571. The molecular weight excluding hydrogens is 406 g/mol. The van der Waals surface area contributed by atoms with Gasteiger partial charge in [-0.1, -0.05) is 0 Å². The fourth-order valence-electron chi connectivity index (χ4n) is 4.77. The van der Waals surface area contributed by atoms with Crippen LogP contribution in [0.5, 0.6) is 5.75 Å². The number of halogens is 2. The van der Waals surface area contributed by atoms with Gasteiger partial charge in [-0.05, 0) is 18.9 Å². The van der Waals surface area contributed by atoms with Crippen LogP contribution in [0.15, 0.2) is 18.3 Å². The first-order valence-electron chi connectivity index (χ1n) is 10.7. The Hall–Kier alpha value is -2.59. The van der Waals surface area contributed by atoms with Gasteiger partial charge < -0.3 is 20.1 Å². The molecule has 4 aliphatic rings. The lowest BCUT2D eigenvalue weighted by atomic mass is 9.89. The summed E-state index contributed by atoms with van der Waals surface area (Å²) in [5, 5.41) is 0. The fourth-order valence-corrected chi connectivity index (χ4v) is 4.77. The van der Waals surface area contributed by atoms with Gasteiger partial charge in [-0.15, -0.1) is 0 Å². The minimum Gasteiger partial charge on any atom is -0.431 e. The number of nitrogens with two attached hydrogens (primary N) is 1. The van der Waals surface area contributed by atoms with E-state index >= 15 is 0 Å². The van der Waals surface area contributed by atoms with Crippen molar-refractivity contribution in [1.29, 1.82) is 0 Å². The van der Waals surface area contributed by atoms with Crippen molar-refractivity contribution in [3.8, 4) is 17.0 Å². The van der Waals surface area contributed by atoms with Gasteiger partial charge in [0.25, 0.3) is 0 Å². The molecule has 1 saturated carbocycles. The highest BCUT2D eigenvalue weighted by atomic mass is 19.3. The SMILES string of the molecule is Nc1ncc(-c2cc(N3CC4CN(C5COC5)C4C3)nc(C3CC3)n2)cc1OC(F)F. The summed E-state index contributed by atoms with van der Waals surface area (Å²) in [4.78, 5) is 18.5. The summed E-state index contributed by atoms with van der Waals surface area (Å²) in [7, 11) is 0. The molecule has 10 heteroatoms. The molecule has 3 aliphatic heterocycles. The number of nitrogen functional groups attached to an aromatic ring is 1. The molecule has 2 aromatic rings. The maximum Gasteiger partial charge on any atom is 0.387 e. The maximum absolute atomic E-state index is 12.7. The normalized spacial score (nSPS) is 26.0. The molecule has 4 fully saturated rings. The monoisotopic (exact) mass is 430 g/mol. The second kappa shape index (κ2) is 7.23. The number of fused-ring (bicyclic) bond motifs is 1. The number of hydrogen-bond acceptors (Lipinski definition) is 8. The second-order valence-corrected chi connectivity index (χ2v) is 8.85. The Morgan fingerprint density at radius 3 is 2.68 bits per heavy atom. The van der Waals surface area contributed by atoms with Gasteiger partial charge in [-0.3, -0.25) is 4.90 Å². The van der Waals surface area contributed by atoms with Gasteiger partial charge in [0.1, 0.15) is 11.6 Å². The summed E-state index contributed by atoms with van der Waals surface area (Å²) in [6.07, 6.45) is 3.69. The van der Waals surface area contributed by atoms with Crippen LogP contribution in [0, 0.1) is 5.92 Å². The minimum atomic E-state index is -2.97. The highest BCUT2D eigenvalue weighted by Crippen LogP contribution is 2.42. The Morgan fingerprint density at radius 1 is 1.13 bits per heavy atom. The first-order chi connectivity index (χ1) is 15.0. The maximum atomic E-state index is 12.7. The lowest BCUT2D eigenvalue weighted by molar-refractivity contribution is -0.120. The lowest BCUT2D eigenvalue weighted by Gasteiger charge is -2.50. The molecule has 0 bridgehead atoms. The van der Waals surface area contributed by atoms with Crippen molar-refractivity contribution >= 4 is 11.6 Å². The van der Waals surface area contributed by atoms with E-state index in [2.05, 4.69) is 19.5 Å². The third kappa shape index (κ3) is 3.47. The van der Waals surface area contributed by atoms with Crippen molar-refractivity contribution in [3.05, 3.63) is 24.2 Å². The summed E-state index contributed by atoms with van der Waals surface area (Å²) in [6, 6.07) is 4.50. The average molecular weight is 430 g/mol. The average Bonchev–Trinajstić information content (AvgIpc) is 3.49. The minimum absolute atomic E-state index is 0.0723. The van der Waals surface area contributed by atoms with Crippen LogP contribution >= 0.6 is 0 Å². The van der Waals surface area contributed by atoms with Crippen LogP contribution in [-0.4, -0.2) is 71.4 Å². The zero-order chi connectivity index (χ0) is 21.1. The third-order valence-electron chi connectivity index (χ3n) is 6.76. The lowest BCUT2D eigenvalue weighted by Crippen LogP contribution is -2.64. The van der Waals surface area contributed by atoms with Crippen molar-refractivity contribution in [3.63, 3.8) is 0 Å². The Kier molecular flexibility index (Phi) is 4.46. The van der Waals surface area contributed by atoms with E-state index in [9.17, 15) is 8.78 Å². The standard InChI is InChI=1S/C21H24F2N6O2/c22-21(23)31-17-3-12(5-25-19(17)24)15-4-18(27-20(26-15)11-1-2-11)28-6-13-7-29(16(13)8-28)14-9-30-10-14/h3-5,11,13-14,16,21H,1-2,6-10H2,(H2,24,25). The van der Waals surface area contributed by atoms with Crippen molar-refractivity contribution in [2.75, 3.05) is 43.5 Å². The first kappa shape index (κ1) is 19.1. The molecule has 2 unspecified atom stereocenters. The smallest absolute Gasteiger partial charge is 0.387 e. The van der Waals surface area contributed by atoms with E-state index < -0.39 is 6.61 Å². The molecule has 8 nitrogen and oxygen atoms in total. The summed E-state index contributed by atoms with van der Waals surface area (Å²) in [5.41, 5.74) is 6.94. The number of hydrogen-bond donors (Lipinski definition) is 1. The molecule has 2 N–H and O–H groups in total. The van der Waals surface area contributed by atoms with E-state index in [-0.39, 0.29) is 11.6 Å². The Labute approximate surface area is 178 Å². The number of rotatable bonds is 6. The van der Waals surface area contributed by atoms with Gasteiger partial charge in [-0.25, -0.2) is 15.0 Å². The largest absolute Gasteiger partial charge is 0.431 e. The molecule has 3 saturated heterocycles. The van der Waals surface area contributed by atoms with Gasteiger partial charge in [0.15, 0.2) is 11.6 Å². The van der Waals surface area contributed by atoms with E-state index in [4.69, 9.17) is 20.4 Å². The summed E-state index contributed by atoms with van der Waals surface area (Å²) >= 11 is 0. The number of alkyl halides is 2. The number of nitrogens with zero attached hydrogens (tertiary/aromatic N) is 5. The van der Waals surface area contributed by atoms with Gasteiger partial charge in [0.2, 0.25) is 0 Å². The Balaban J connectivity index is 1.30. The molecule has 5 heterocycles. The van der Waals surface area contributed by atoms with Crippen LogP contribution < -0.4 is 15.4 Å². The first-order valence-corrected chi connectivity index (χ1v) is 10.7. The van der Waals surface area contributed by atoms with E-state index in [1.54, 1.807) is 6.20 Å². The highest BCUT2D eigenvalue weighted by molar-refractivity contribution is 5.67. The molecule has 2 aromatic heterocycles. The molecule has 0 radical (unpaired) electrons. The molecule has 0 spiro atoms. The summed E-state index contributed by atoms with van der Waals surface area (Å²) in [6.45, 7) is 1.71.